The van der Waals surface area contributed by atoms with Gasteiger partial charge in [-0.25, -0.2) is 4.68 Å². The number of nitrogens with two attached hydrogens (primary N) is 1. The number of benzene rings is 1. The summed E-state index contributed by atoms with van der Waals surface area (Å²) in [5, 5.41) is 4.75. The molecule has 0 bridgehead atoms. The molecule has 0 atom stereocenters. The largest absolute Gasteiger partial charge is 0.354 e. The van der Waals surface area contributed by atoms with Crippen LogP contribution in [0.1, 0.15) is 18.2 Å². The average Bonchev–Trinajstić information content (AvgIpc) is 2.92. The number of aryl methyl sites for hydroxylation is 1. The van der Waals surface area contributed by atoms with Gasteiger partial charge in [-0.1, -0.05) is 25.1 Å². The normalized spacial score (nSPS) is 16.2. The molecule has 0 aliphatic carbocycles. The highest BCUT2D eigenvalue weighted by atomic mass is 15.4. The highest BCUT2D eigenvalue weighted by Crippen LogP contribution is 2.27. The lowest BCUT2D eigenvalue weighted by atomic mass is 10.2. The van der Waals surface area contributed by atoms with Crippen molar-refractivity contribution in [2.75, 3.05) is 37.6 Å². The SMILES string of the molecule is CCN1CCN(c2c(CN)c(C)nn2-c2ccccc2)CC1. The molecule has 0 saturated carbocycles. The number of nitrogens with zero attached hydrogens (tertiary/aromatic N) is 4. The van der Waals surface area contributed by atoms with Crippen LogP contribution in [-0.2, 0) is 6.54 Å². The second-order valence-corrected chi connectivity index (χ2v) is 5.76. The number of piperazine rings is 1. The van der Waals surface area contributed by atoms with E-state index in [9.17, 15) is 0 Å². The maximum Gasteiger partial charge on any atom is 0.137 e. The fourth-order valence-electron chi connectivity index (χ4n) is 3.14. The maximum atomic E-state index is 6.01. The smallest absolute Gasteiger partial charge is 0.137 e. The Kier molecular flexibility index (Phi) is 4.45. The second-order valence-electron chi connectivity index (χ2n) is 5.76. The van der Waals surface area contributed by atoms with Crippen LogP contribution in [0.25, 0.3) is 5.69 Å². The highest BCUT2D eigenvalue weighted by molar-refractivity contribution is 5.55. The molecule has 118 valence electrons. The van der Waals surface area contributed by atoms with Crippen LogP contribution in [0.3, 0.4) is 0 Å². The van der Waals surface area contributed by atoms with Gasteiger partial charge in [-0.05, 0) is 25.6 Å². The molecule has 1 aliphatic heterocycles. The van der Waals surface area contributed by atoms with Gasteiger partial charge in [0, 0.05) is 38.3 Å². The van der Waals surface area contributed by atoms with Crippen molar-refractivity contribution in [2.45, 2.75) is 20.4 Å². The highest BCUT2D eigenvalue weighted by Gasteiger charge is 2.24. The molecule has 1 fully saturated rings. The summed E-state index contributed by atoms with van der Waals surface area (Å²) >= 11 is 0. The van der Waals surface area contributed by atoms with Gasteiger partial charge in [0.05, 0.1) is 11.4 Å². The molecule has 1 aromatic carbocycles. The third kappa shape index (κ3) is 2.74. The van der Waals surface area contributed by atoms with Crippen molar-refractivity contribution in [1.82, 2.24) is 14.7 Å². The van der Waals surface area contributed by atoms with Crippen LogP contribution in [0.5, 0.6) is 0 Å². The minimum absolute atomic E-state index is 0.530. The number of anilines is 1. The molecule has 0 unspecified atom stereocenters. The van der Waals surface area contributed by atoms with Gasteiger partial charge in [-0.15, -0.1) is 0 Å². The number of rotatable bonds is 4. The van der Waals surface area contributed by atoms with E-state index in [4.69, 9.17) is 10.8 Å². The second kappa shape index (κ2) is 6.50. The molecule has 2 aromatic rings. The van der Waals surface area contributed by atoms with Crippen LogP contribution in [0.2, 0.25) is 0 Å². The van der Waals surface area contributed by atoms with Crippen LogP contribution in [0, 0.1) is 6.92 Å². The molecule has 1 aliphatic rings. The van der Waals surface area contributed by atoms with E-state index in [0.29, 0.717) is 6.54 Å². The summed E-state index contributed by atoms with van der Waals surface area (Å²) in [7, 11) is 0. The van der Waals surface area contributed by atoms with Crippen molar-refractivity contribution in [3.05, 3.63) is 41.6 Å². The predicted octanol–water partition coefficient (Wildman–Crippen LogP) is 1.78. The Morgan fingerprint density at radius 2 is 1.77 bits per heavy atom. The third-order valence-electron chi connectivity index (χ3n) is 4.48. The van der Waals surface area contributed by atoms with Gasteiger partial charge >= 0.3 is 0 Å². The van der Waals surface area contributed by atoms with Crippen LogP contribution in [0.4, 0.5) is 5.82 Å². The van der Waals surface area contributed by atoms with Crippen LogP contribution < -0.4 is 10.6 Å². The monoisotopic (exact) mass is 299 g/mol. The minimum Gasteiger partial charge on any atom is -0.354 e. The fraction of sp³-hybridized carbons (Fsp3) is 0.471. The number of para-hydroxylation sites is 1. The summed E-state index contributed by atoms with van der Waals surface area (Å²) < 4.78 is 2.05. The first kappa shape index (κ1) is 15.1. The van der Waals surface area contributed by atoms with Gasteiger partial charge in [0.15, 0.2) is 0 Å². The Morgan fingerprint density at radius 1 is 1.09 bits per heavy atom. The van der Waals surface area contributed by atoms with E-state index in [-0.39, 0.29) is 0 Å². The van der Waals surface area contributed by atoms with Gasteiger partial charge in [0.1, 0.15) is 5.82 Å². The molecular formula is C17H25N5. The van der Waals surface area contributed by atoms with Crippen molar-refractivity contribution in [1.29, 1.82) is 0 Å². The minimum atomic E-state index is 0.530. The summed E-state index contributed by atoms with van der Waals surface area (Å²) in [5.74, 6) is 1.17. The molecule has 2 heterocycles. The molecule has 22 heavy (non-hydrogen) atoms. The number of hydrogen-bond acceptors (Lipinski definition) is 4. The van der Waals surface area contributed by atoms with Crippen molar-refractivity contribution in [3.8, 4) is 5.69 Å². The Hall–Kier alpha value is -1.85. The first-order chi connectivity index (χ1) is 10.7. The standard InChI is InChI=1S/C17H25N5/c1-3-20-9-11-21(12-10-20)17-16(13-18)14(2)19-22(17)15-7-5-4-6-8-15/h4-8H,3,9-13,18H2,1-2H3. The van der Waals surface area contributed by atoms with E-state index in [1.807, 2.05) is 25.1 Å². The first-order valence-corrected chi connectivity index (χ1v) is 8.06. The summed E-state index contributed by atoms with van der Waals surface area (Å²) in [5.41, 5.74) is 9.30. The summed E-state index contributed by atoms with van der Waals surface area (Å²) in [4.78, 5) is 4.91. The molecule has 0 spiro atoms. The summed E-state index contributed by atoms with van der Waals surface area (Å²) in [6, 6.07) is 10.3. The Labute approximate surface area is 132 Å². The van der Waals surface area contributed by atoms with E-state index in [1.54, 1.807) is 0 Å². The number of hydrogen-bond donors (Lipinski definition) is 1. The lowest BCUT2D eigenvalue weighted by molar-refractivity contribution is 0.270. The maximum absolute atomic E-state index is 6.01. The molecule has 1 aromatic heterocycles. The van der Waals surface area contributed by atoms with Crippen molar-refractivity contribution >= 4 is 5.82 Å². The fourth-order valence-corrected chi connectivity index (χ4v) is 3.14. The van der Waals surface area contributed by atoms with E-state index in [2.05, 4.69) is 33.5 Å². The van der Waals surface area contributed by atoms with Crippen molar-refractivity contribution in [2.24, 2.45) is 5.73 Å². The molecule has 3 rings (SSSR count). The van der Waals surface area contributed by atoms with E-state index >= 15 is 0 Å². The number of likely N-dealkylation sites (N-methyl/N-ethyl adjacent to an activating group) is 1. The zero-order chi connectivity index (χ0) is 15.5. The average molecular weight is 299 g/mol. The lowest BCUT2D eigenvalue weighted by Gasteiger charge is -2.36. The van der Waals surface area contributed by atoms with Crippen LogP contribution in [0.15, 0.2) is 30.3 Å². The molecular weight excluding hydrogens is 274 g/mol. The predicted molar refractivity (Wildman–Crippen MR) is 90.5 cm³/mol. The van der Waals surface area contributed by atoms with E-state index in [1.165, 1.54) is 5.82 Å². The van der Waals surface area contributed by atoms with E-state index in [0.717, 1.165) is 49.7 Å². The van der Waals surface area contributed by atoms with Gasteiger partial charge in [0.2, 0.25) is 0 Å². The Bertz CT molecular complexity index is 611. The van der Waals surface area contributed by atoms with Gasteiger partial charge in [-0.2, -0.15) is 5.10 Å². The Balaban J connectivity index is 1.99. The molecule has 1 saturated heterocycles. The van der Waals surface area contributed by atoms with Gasteiger partial charge in [-0.3, -0.25) is 0 Å². The summed E-state index contributed by atoms with van der Waals surface area (Å²) in [6.07, 6.45) is 0. The summed E-state index contributed by atoms with van der Waals surface area (Å²) in [6.45, 7) is 10.2. The van der Waals surface area contributed by atoms with Crippen molar-refractivity contribution < 1.29 is 0 Å². The van der Waals surface area contributed by atoms with E-state index < -0.39 is 0 Å². The van der Waals surface area contributed by atoms with Crippen molar-refractivity contribution in [3.63, 3.8) is 0 Å². The molecule has 5 nitrogen and oxygen atoms in total. The molecule has 0 radical (unpaired) electrons. The number of aromatic nitrogens is 2. The van der Waals surface area contributed by atoms with Crippen LogP contribution in [-0.4, -0.2) is 47.4 Å². The Morgan fingerprint density at radius 3 is 2.36 bits per heavy atom. The van der Waals surface area contributed by atoms with Crippen LogP contribution >= 0.6 is 0 Å². The third-order valence-corrected chi connectivity index (χ3v) is 4.48. The quantitative estimate of drug-likeness (QED) is 0.935. The lowest BCUT2D eigenvalue weighted by Crippen LogP contribution is -2.47. The zero-order valence-electron chi connectivity index (χ0n) is 13.5. The topological polar surface area (TPSA) is 50.3 Å². The molecule has 2 N–H and O–H groups in total. The molecule has 5 heteroatoms. The molecule has 0 amide bonds. The first-order valence-electron chi connectivity index (χ1n) is 8.06. The zero-order valence-corrected chi connectivity index (χ0v) is 13.5. The van der Waals surface area contributed by atoms with Gasteiger partial charge in [0.25, 0.3) is 0 Å². The van der Waals surface area contributed by atoms with Gasteiger partial charge < -0.3 is 15.5 Å².